The molecular weight excluding hydrogens is 300 g/mol. The van der Waals surface area contributed by atoms with E-state index in [0.717, 1.165) is 17.4 Å². The van der Waals surface area contributed by atoms with Crippen molar-refractivity contribution in [2.75, 3.05) is 0 Å². The molecule has 0 saturated carbocycles. The lowest BCUT2D eigenvalue weighted by molar-refractivity contribution is -0.162. The van der Waals surface area contributed by atoms with Crippen molar-refractivity contribution in [1.82, 2.24) is 0 Å². The minimum atomic E-state index is -0.769. The van der Waals surface area contributed by atoms with Crippen LogP contribution in [0.1, 0.15) is 48.5 Å². The average molecular weight is 330 g/mol. The van der Waals surface area contributed by atoms with Crippen molar-refractivity contribution in [3.63, 3.8) is 0 Å². The van der Waals surface area contributed by atoms with E-state index in [4.69, 9.17) is 4.74 Å². The van der Waals surface area contributed by atoms with Gasteiger partial charge in [0.05, 0.1) is 11.3 Å². The fraction of sp³-hybridized carbons (Fsp3) is 0.524. The molecule has 0 aromatic carbocycles. The van der Waals surface area contributed by atoms with Crippen molar-refractivity contribution in [2.24, 2.45) is 17.3 Å². The first-order valence-corrected chi connectivity index (χ1v) is 8.44. The van der Waals surface area contributed by atoms with Crippen LogP contribution in [0.4, 0.5) is 0 Å². The van der Waals surface area contributed by atoms with Crippen molar-refractivity contribution in [1.29, 1.82) is 0 Å². The number of rotatable bonds is 5. The summed E-state index contributed by atoms with van der Waals surface area (Å²) in [5.74, 6) is -0.859. The largest absolute Gasteiger partial charge is 0.460 e. The van der Waals surface area contributed by atoms with Crippen molar-refractivity contribution < 1.29 is 14.3 Å². The zero-order chi connectivity index (χ0) is 18.5. The third-order valence-corrected chi connectivity index (χ3v) is 4.61. The van der Waals surface area contributed by atoms with Gasteiger partial charge in [-0.3, -0.25) is 4.79 Å². The molecule has 0 fully saturated rings. The Kier molecular flexibility index (Phi) is 6.53. The van der Waals surface area contributed by atoms with Crippen LogP contribution in [0, 0.1) is 17.3 Å². The summed E-state index contributed by atoms with van der Waals surface area (Å²) < 4.78 is 5.49. The molecule has 0 amide bonds. The molecule has 3 nitrogen and oxygen atoms in total. The van der Waals surface area contributed by atoms with Crippen LogP contribution in [0.15, 0.2) is 47.6 Å². The molecule has 3 heteroatoms. The summed E-state index contributed by atoms with van der Waals surface area (Å²) in [6.07, 6.45) is 12.7. The van der Waals surface area contributed by atoms with E-state index < -0.39 is 11.0 Å². The van der Waals surface area contributed by atoms with Gasteiger partial charge in [0, 0.05) is 0 Å². The topological polar surface area (TPSA) is 43.4 Å². The van der Waals surface area contributed by atoms with E-state index in [9.17, 15) is 9.59 Å². The quantitative estimate of drug-likeness (QED) is 0.537. The molecule has 3 unspecified atom stereocenters. The van der Waals surface area contributed by atoms with Crippen LogP contribution in [0.3, 0.4) is 0 Å². The molecule has 132 valence electrons. The monoisotopic (exact) mass is 330 g/mol. The Hall–Kier alpha value is -1.90. The van der Waals surface area contributed by atoms with Gasteiger partial charge in [-0.2, -0.15) is 0 Å². The van der Waals surface area contributed by atoms with Crippen molar-refractivity contribution >= 4 is 12.3 Å². The van der Waals surface area contributed by atoms with Gasteiger partial charge in [-0.15, -0.1) is 0 Å². The van der Waals surface area contributed by atoms with Crippen LogP contribution in [0.25, 0.3) is 0 Å². The van der Waals surface area contributed by atoms with Crippen LogP contribution in [-0.2, 0) is 14.3 Å². The average Bonchev–Trinajstić information content (AvgIpc) is 2.47. The van der Waals surface area contributed by atoms with Crippen LogP contribution < -0.4 is 0 Å². The van der Waals surface area contributed by atoms with E-state index in [1.165, 1.54) is 0 Å². The maximum Gasteiger partial charge on any atom is 0.309 e. The number of esters is 1. The Balaban J connectivity index is 3.13. The fourth-order valence-corrected chi connectivity index (χ4v) is 2.61. The molecule has 0 aliphatic heterocycles. The number of ether oxygens (including phenoxy) is 1. The van der Waals surface area contributed by atoms with E-state index in [-0.39, 0.29) is 17.8 Å². The normalized spacial score (nSPS) is 23.5. The van der Waals surface area contributed by atoms with Crippen LogP contribution >= 0.6 is 0 Å². The molecule has 3 atom stereocenters. The second-order valence-corrected chi connectivity index (χ2v) is 7.76. The molecule has 0 radical (unpaired) electrons. The highest BCUT2D eigenvalue weighted by Crippen LogP contribution is 2.39. The molecule has 0 saturated heterocycles. The number of allylic oxidation sites excluding steroid dienone is 8. The predicted molar refractivity (Wildman–Crippen MR) is 98.5 cm³/mol. The predicted octanol–water partition coefficient (Wildman–Crippen LogP) is 4.80. The van der Waals surface area contributed by atoms with Gasteiger partial charge in [0.15, 0.2) is 0 Å². The smallest absolute Gasteiger partial charge is 0.309 e. The van der Waals surface area contributed by atoms with Gasteiger partial charge in [0.2, 0.25) is 0 Å². The maximum absolute atomic E-state index is 12.4. The molecule has 0 N–H and O–H groups in total. The Morgan fingerprint density at radius 1 is 1.08 bits per heavy atom. The Bertz CT molecular complexity index is 599. The highest BCUT2D eigenvalue weighted by molar-refractivity contribution is 5.75. The summed E-state index contributed by atoms with van der Waals surface area (Å²) in [6.45, 7) is 13.2. The van der Waals surface area contributed by atoms with Gasteiger partial charge in [0.25, 0.3) is 0 Å². The fourth-order valence-electron chi connectivity index (χ4n) is 2.61. The van der Waals surface area contributed by atoms with Crippen LogP contribution in [0.2, 0.25) is 0 Å². The van der Waals surface area contributed by atoms with Gasteiger partial charge in [-0.05, 0) is 46.1 Å². The van der Waals surface area contributed by atoms with E-state index in [0.29, 0.717) is 0 Å². The third-order valence-electron chi connectivity index (χ3n) is 4.61. The summed E-state index contributed by atoms with van der Waals surface area (Å²) in [5.41, 5.74) is 0.698. The Labute approximate surface area is 146 Å². The van der Waals surface area contributed by atoms with Gasteiger partial charge >= 0.3 is 5.97 Å². The third kappa shape index (κ3) is 5.05. The van der Waals surface area contributed by atoms with Crippen molar-refractivity contribution in [3.8, 4) is 0 Å². The number of hydrogen-bond acceptors (Lipinski definition) is 3. The minimum Gasteiger partial charge on any atom is -0.460 e. The standard InChI is InChI=1S/C21H30O3/c1-15-10-8-9-11-18(13-12-15)21(7,14-22)17(3)16(2)19(23)24-20(4,5)6/h8-14,16-17H,1-7H3/b9-8?,10-8?,11-9+,13-12?,15-10?,15-12?,18-11?,18-13+. The van der Waals surface area contributed by atoms with Gasteiger partial charge in [-0.25, -0.2) is 0 Å². The zero-order valence-electron chi connectivity index (χ0n) is 15.9. The first-order chi connectivity index (χ1) is 11.0. The van der Waals surface area contributed by atoms with Gasteiger partial charge in [-0.1, -0.05) is 55.9 Å². The molecule has 0 bridgehead atoms. The zero-order valence-corrected chi connectivity index (χ0v) is 15.9. The van der Waals surface area contributed by atoms with Gasteiger partial charge < -0.3 is 9.53 Å². The molecule has 1 rings (SSSR count). The van der Waals surface area contributed by atoms with E-state index >= 15 is 0 Å². The maximum atomic E-state index is 12.4. The number of aldehydes is 1. The lowest BCUT2D eigenvalue weighted by Crippen LogP contribution is -2.38. The SMILES string of the molecule is CC1=C/C=C(C(C)(C=O)C(C)C(C)C(=O)OC(C)(C)C)\C=C\C=C1. The Morgan fingerprint density at radius 2 is 1.67 bits per heavy atom. The molecule has 1 aliphatic carbocycles. The molecule has 0 heterocycles. The van der Waals surface area contributed by atoms with Crippen molar-refractivity contribution in [2.45, 2.75) is 54.1 Å². The lowest BCUT2D eigenvalue weighted by atomic mass is 9.68. The minimum absolute atomic E-state index is 0.196. The highest BCUT2D eigenvalue weighted by Gasteiger charge is 2.40. The summed E-state index contributed by atoms with van der Waals surface area (Å²) in [6, 6.07) is 0. The Morgan fingerprint density at radius 3 is 2.21 bits per heavy atom. The molecule has 1 aliphatic rings. The first kappa shape index (κ1) is 20.1. The number of carbonyl (C=O) groups is 2. The first-order valence-electron chi connectivity index (χ1n) is 8.44. The molecular formula is C21H30O3. The second-order valence-electron chi connectivity index (χ2n) is 7.76. The summed E-state index contributed by atoms with van der Waals surface area (Å²) in [5, 5.41) is 0. The van der Waals surface area contributed by atoms with E-state index in [1.54, 1.807) is 0 Å². The molecule has 0 spiro atoms. The summed E-state index contributed by atoms with van der Waals surface area (Å²) in [7, 11) is 0. The van der Waals surface area contributed by atoms with E-state index in [2.05, 4.69) is 0 Å². The number of hydrogen-bond donors (Lipinski definition) is 0. The van der Waals surface area contributed by atoms with Gasteiger partial charge in [0.1, 0.15) is 11.9 Å². The lowest BCUT2D eigenvalue weighted by Gasteiger charge is -2.36. The van der Waals surface area contributed by atoms with Crippen LogP contribution in [0.5, 0.6) is 0 Å². The molecule has 0 aromatic heterocycles. The highest BCUT2D eigenvalue weighted by atomic mass is 16.6. The summed E-state index contributed by atoms with van der Waals surface area (Å²) >= 11 is 0. The van der Waals surface area contributed by atoms with Crippen molar-refractivity contribution in [3.05, 3.63) is 47.6 Å². The number of carbonyl (C=O) groups excluding carboxylic acids is 2. The van der Waals surface area contributed by atoms with Crippen LogP contribution in [-0.4, -0.2) is 17.9 Å². The summed E-state index contributed by atoms with van der Waals surface area (Å²) in [4.78, 5) is 24.4. The molecule has 24 heavy (non-hydrogen) atoms. The van der Waals surface area contributed by atoms with E-state index in [1.807, 2.05) is 84.9 Å². The second kappa shape index (κ2) is 7.78. The molecule has 0 aromatic rings.